The summed E-state index contributed by atoms with van der Waals surface area (Å²) in [5.41, 5.74) is 9.37. The third kappa shape index (κ3) is 56.2. The molecule has 41 nitrogen and oxygen atoms in total. The summed E-state index contributed by atoms with van der Waals surface area (Å²) in [7, 11) is 0. The van der Waals surface area contributed by atoms with Gasteiger partial charge in [0, 0.05) is 136 Å². The van der Waals surface area contributed by atoms with Crippen LogP contribution in [0.4, 0.5) is 0 Å². The minimum Gasteiger partial charge on any atom is -0.364 e. The average Bonchev–Trinajstić information content (AvgIpc) is 1.86. The van der Waals surface area contributed by atoms with Crippen LogP contribution in [0, 0.1) is 0 Å². The highest BCUT2D eigenvalue weighted by Crippen LogP contribution is 2.29. The first kappa shape index (κ1) is 130. The predicted octanol–water partition coefficient (Wildman–Crippen LogP) is 23.4. The van der Waals surface area contributed by atoms with Crippen LogP contribution < -0.4 is 0 Å². The zero-order valence-corrected chi connectivity index (χ0v) is 97.9. The number of H-pyrrole nitrogens is 5. The SMILES string of the molecule is CC(C)(C)c1ccn[nH]1.CC(C)(C)c1ccno1.CC(C)(C)c1ccns1.CC(C)(C)c1ccon1.CC(C)(C)c1ccon1.CC(C)(C)c1ccsn1.CC(C)(C)c1cn[nH]n1.CC(C)(C)c1cnon1.CC(C)(C)c1cnsc1.CC(C)(C)c1ncn[nH]1.CC(C)(C)c1nn[nH]n1.CC(C)(C)c1nn[nH]n1.CC(C)(C)c1nnon1.CC(C)(C)n1cccn1.CC(C)(C)n1cnnc1.CC(C)(C)n1cnnn1. The zero-order valence-electron chi connectivity index (χ0n) is 95.4. The highest BCUT2D eigenvalue weighted by Gasteiger charge is 2.26. The van der Waals surface area contributed by atoms with E-state index in [2.05, 4.69) is 443 Å². The minimum atomic E-state index is -0.0556. The fourth-order valence-electron chi connectivity index (χ4n) is 8.94. The van der Waals surface area contributed by atoms with Crippen molar-refractivity contribution in [3.63, 3.8) is 0 Å². The molecule has 0 aliphatic heterocycles. The Labute approximate surface area is 867 Å². The van der Waals surface area contributed by atoms with Gasteiger partial charge in [-0.2, -0.15) is 45.5 Å². The molecule has 0 spiro atoms. The van der Waals surface area contributed by atoms with Crippen molar-refractivity contribution in [2.75, 3.05) is 0 Å². The molecule has 16 rings (SSSR count). The van der Waals surface area contributed by atoms with Gasteiger partial charge in [0.1, 0.15) is 55.1 Å². The van der Waals surface area contributed by atoms with Crippen molar-refractivity contribution < 1.29 is 22.8 Å². The molecule has 16 aromatic heterocycles. The molecule has 0 saturated carbocycles. The van der Waals surface area contributed by atoms with Crippen molar-refractivity contribution in [3.8, 4) is 0 Å². The number of hydrogen-bond donors (Lipinski definition) is 5. The Bertz CT molecular complexity index is 4180. The second-order valence-electron chi connectivity index (χ2n) is 49.3. The van der Waals surface area contributed by atoms with Crippen molar-refractivity contribution in [2.24, 2.45) is 0 Å². The number of nitrogens with one attached hydrogen (secondary N) is 5. The first-order valence-electron chi connectivity index (χ1n) is 47.4. The van der Waals surface area contributed by atoms with E-state index in [1.807, 2.05) is 147 Å². The molecule has 0 aliphatic rings. The maximum absolute atomic E-state index is 4.95. The summed E-state index contributed by atoms with van der Waals surface area (Å²) in [4.78, 5) is 5.37. The Balaban J connectivity index is 0.000000768. The van der Waals surface area contributed by atoms with Crippen molar-refractivity contribution >= 4 is 34.6 Å². The summed E-state index contributed by atoms with van der Waals surface area (Å²) in [6.45, 7) is 101. The van der Waals surface area contributed by atoms with Crippen molar-refractivity contribution in [1.82, 2.24) is 181 Å². The Morgan fingerprint density at radius 1 is 0.361 bits per heavy atom. The van der Waals surface area contributed by atoms with Gasteiger partial charge in [0.15, 0.2) is 11.6 Å². The number of aromatic nitrogens is 36. The monoisotopic (exact) mass is 2050 g/mol. The van der Waals surface area contributed by atoms with E-state index in [1.54, 1.807) is 78.7 Å². The lowest BCUT2D eigenvalue weighted by Crippen LogP contribution is -2.22. The summed E-state index contributed by atoms with van der Waals surface area (Å²) in [5.74, 6) is 4.01. The molecule has 800 valence electrons. The Morgan fingerprint density at radius 3 is 1.09 bits per heavy atom. The van der Waals surface area contributed by atoms with Crippen molar-refractivity contribution in [1.29, 1.82) is 0 Å². The molecule has 0 unspecified atom stereocenters. The number of rotatable bonds is 0. The maximum atomic E-state index is 4.95. The Morgan fingerprint density at radius 2 is 0.896 bits per heavy atom. The zero-order chi connectivity index (χ0) is 110. The van der Waals surface area contributed by atoms with Crippen LogP contribution in [0.2, 0.25) is 0 Å². The summed E-state index contributed by atoms with van der Waals surface area (Å²) in [6.07, 6.45) is 24.2. The van der Waals surface area contributed by atoms with Crippen LogP contribution >= 0.6 is 34.6 Å². The molecular weight excluding hydrogens is 1880 g/mol. The third-order valence-corrected chi connectivity index (χ3v) is 20.8. The van der Waals surface area contributed by atoms with Gasteiger partial charge in [-0.3, -0.25) is 14.9 Å². The fourth-order valence-corrected chi connectivity index (χ4v) is 11.0. The summed E-state index contributed by atoms with van der Waals surface area (Å²) in [6, 6.07) is 13.8. The largest absolute Gasteiger partial charge is 0.364 e. The van der Waals surface area contributed by atoms with Crippen molar-refractivity contribution in [2.45, 2.75) is 419 Å². The third-order valence-electron chi connectivity index (χ3n) is 18.4. The lowest BCUT2D eigenvalue weighted by atomic mass is 9.90. The van der Waals surface area contributed by atoms with E-state index in [9.17, 15) is 0 Å². The molecule has 44 heteroatoms. The molecular formula is C100H172N36O5S3. The molecule has 16 heterocycles. The summed E-state index contributed by atoms with van der Waals surface area (Å²) < 4.78 is 41.0. The molecule has 144 heavy (non-hydrogen) atoms. The smallest absolute Gasteiger partial charge is 0.201 e. The Hall–Kier alpha value is -12.2. The molecule has 0 bridgehead atoms. The maximum Gasteiger partial charge on any atom is 0.201 e. The lowest BCUT2D eigenvalue weighted by molar-refractivity contribution is 0.287. The first-order chi connectivity index (χ1) is 65.7. The van der Waals surface area contributed by atoms with Gasteiger partial charge in [-0.05, 0) is 153 Å². The standard InChI is InChI=1S/2C7H12N2.3C7H11NO.3C7H11NS.3C6H11N3.C6H10N2O.3C5H10N4.C5H9N3O/c1-7(2,3)9-6-4-5-8-9;1-7(2,3)6-4-5-8-9-6;2*1-7(2,3)6-4-5-9-8-6;1-7(2,3)6-4-5-8-9-6;1-7(2,3)6-4-8-9-5-6;1-7(2,3)6-4-5-9-8-6;1-7(2,3)6-4-5-8-9-6;1-6(2,3)9-4-7-8-5-9;1-6(2,3)5-7-4-8-9-5;2*1-6(2,3)5-4-7-9-8-5;1-5(2,3)9-4-6-7-8-9;3*1-5(2,3)4-6-8-9-7-4/h4-6H,1-3H3;4-5H,1-3H3,(H,8,9);7*4-5H,1-3H3;2*4H,1-3H3,(H,7,8,9);2*4H,1-3H3;2*1-3H3,(H,6,7,8,9);1-3H3. The van der Waals surface area contributed by atoms with Crippen LogP contribution in [-0.4, -0.2) is 181 Å². The topological polar surface area (TPSA) is 520 Å². The molecule has 0 aromatic carbocycles. The molecule has 0 fully saturated rings. The number of nitrogens with zero attached hydrogens (tertiary/aromatic N) is 31. The van der Waals surface area contributed by atoms with Crippen LogP contribution in [-0.2, 0) is 87.0 Å². The number of hydrogen-bond acceptors (Lipinski definition) is 36. The predicted molar refractivity (Wildman–Crippen MR) is 570 cm³/mol. The molecule has 0 saturated heterocycles. The molecule has 0 amide bonds. The van der Waals surface area contributed by atoms with Gasteiger partial charge in [-0.15, -0.1) is 35.7 Å². The van der Waals surface area contributed by atoms with Crippen LogP contribution in [0.5, 0.6) is 0 Å². The van der Waals surface area contributed by atoms with E-state index in [-0.39, 0.29) is 87.0 Å². The van der Waals surface area contributed by atoms with Gasteiger partial charge in [0.2, 0.25) is 5.82 Å². The van der Waals surface area contributed by atoms with Gasteiger partial charge >= 0.3 is 0 Å². The molecule has 0 radical (unpaired) electrons. The Kier molecular flexibility index (Phi) is 51.8. The minimum absolute atomic E-state index is 0.00347. The van der Waals surface area contributed by atoms with E-state index in [0.717, 1.165) is 46.0 Å². The van der Waals surface area contributed by atoms with Crippen LogP contribution in [0.15, 0.2) is 163 Å². The van der Waals surface area contributed by atoms with E-state index in [4.69, 9.17) is 13.6 Å². The fraction of sp³-hybridized carbons (Fsp3) is 0.640. The number of aromatic amines is 5. The lowest BCUT2D eigenvalue weighted by Gasteiger charge is -2.18. The second-order valence-corrected chi connectivity index (χ2v) is 51.4. The second kappa shape index (κ2) is 57.5. The number of tetrazole rings is 3. The first-order valence-corrected chi connectivity index (χ1v) is 49.8. The normalized spacial score (nSPS) is 11.9. The van der Waals surface area contributed by atoms with Gasteiger partial charge in [-0.1, -0.05) is 311 Å². The van der Waals surface area contributed by atoms with E-state index in [0.29, 0.717) is 5.82 Å². The van der Waals surface area contributed by atoms with Gasteiger partial charge < -0.3 is 18.1 Å². The molecule has 0 atom stereocenters. The molecule has 0 aliphatic carbocycles. The summed E-state index contributed by atoms with van der Waals surface area (Å²) in [5, 5.41) is 106. The highest BCUT2D eigenvalue weighted by molar-refractivity contribution is 7.05. The molecule has 16 aromatic rings. The van der Waals surface area contributed by atoms with Crippen LogP contribution in [0.1, 0.15) is 406 Å². The van der Waals surface area contributed by atoms with Crippen LogP contribution in [0.3, 0.4) is 0 Å². The summed E-state index contributed by atoms with van der Waals surface area (Å²) >= 11 is 4.61. The van der Waals surface area contributed by atoms with Gasteiger partial charge in [0.25, 0.3) is 0 Å². The van der Waals surface area contributed by atoms with E-state index in [1.165, 1.54) is 51.2 Å². The van der Waals surface area contributed by atoms with Gasteiger partial charge in [0.05, 0.1) is 57.7 Å². The average molecular weight is 2050 g/mol. The van der Waals surface area contributed by atoms with Crippen LogP contribution in [0.25, 0.3) is 0 Å². The molecule has 5 N–H and O–H groups in total. The van der Waals surface area contributed by atoms with Crippen molar-refractivity contribution in [3.05, 3.63) is 214 Å². The van der Waals surface area contributed by atoms with E-state index >= 15 is 0 Å². The quantitative estimate of drug-likeness (QED) is 0.0941. The highest BCUT2D eigenvalue weighted by atomic mass is 32.1. The van der Waals surface area contributed by atoms with Gasteiger partial charge in [-0.25, -0.2) is 27.7 Å². The van der Waals surface area contributed by atoms with E-state index < -0.39 is 0 Å².